The fourth-order valence-electron chi connectivity index (χ4n) is 3.34. The summed E-state index contributed by atoms with van der Waals surface area (Å²) in [5, 5.41) is 10.4. The molecule has 1 aliphatic heterocycles. The van der Waals surface area contributed by atoms with Gasteiger partial charge in [0.25, 0.3) is 0 Å². The molecule has 2 heterocycles. The second-order valence-corrected chi connectivity index (χ2v) is 7.23. The van der Waals surface area contributed by atoms with E-state index >= 15 is 0 Å². The molecule has 0 unspecified atom stereocenters. The molecule has 130 valence electrons. The van der Waals surface area contributed by atoms with Gasteiger partial charge in [-0.3, -0.25) is 0 Å². The summed E-state index contributed by atoms with van der Waals surface area (Å²) in [6, 6.07) is 16.6. The third-order valence-electron chi connectivity index (χ3n) is 4.76. The van der Waals surface area contributed by atoms with E-state index in [-0.39, 0.29) is 0 Å². The smallest absolute Gasteiger partial charge is 0.126 e. The van der Waals surface area contributed by atoms with E-state index in [2.05, 4.69) is 41.9 Å². The largest absolute Gasteiger partial charge is 0.493 e. The molecule has 0 radical (unpaired) electrons. The third kappa shape index (κ3) is 3.53. The van der Waals surface area contributed by atoms with Gasteiger partial charge >= 0.3 is 0 Å². The van der Waals surface area contributed by atoms with Crippen molar-refractivity contribution >= 4 is 22.7 Å². The molecule has 5 heteroatoms. The van der Waals surface area contributed by atoms with Crippen LogP contribution in [0.3, 0.4) is 0 Å². The van der Waals surface area contributed by atoms with E-state index in [1.54, 1.807) is 11.8 Å². The van der Waals surface area contributed by atoms with Crippen molar-refractivity contribution in [2.75, 3.05) is 26.0 Å². The van der Waals surface area contributed by atoms with Crippen molar-refractivity contribution in [1.82, 2.24) is 15.1 Å². The summed E-state index contributed by atoms with van der Waals surface area (Å²) in [6.45, 7) is 3.00. The quantitative estimate of drug-likeness (QED) is 0.700. The average molecular weight is 353 g/mol. The van der Waals surface area contributed by atoms with Gasteiger partial charge in [0.05, 0.1) is 17.8 Å². The Morgan fingerprint density at radius 1 is 1.16 bits per heavy atom. The molecule has 3 aromatic rings. The molecule has 2 aromatic carbocycles. The maximum absolute atomic E-state index is 6.11. The van der Waals surface area contributed by atoms with Gasteiger partial charge in [0, 0.05) is 11.5 Å². The molecule has 4 nitrogen and oxygen atoms in total. The first-order chi connectivity index (χ1) is 12.3. The van der Waals surface area contributed by atoms with Crippen LogP contribution in [0.25, 0.3) is 16.6 Å². The first kappa shape index (κ1) is 16.5. The van der Waals surface area contributed by atoms with Crippen molar-refractivity contribution in [3.8, 4) is 11.4 Å². The number of nitrogens with zero attached hydrogens (tertiary/aromatic N) is 2. The number of rotatable bonds is 5. The molecule has 0 atom stereocenters. The number of thioether (sulfide) groups is 1. The Morgan fingerprint density at radius 2 is 1.96 bits per heavy atom. The highest BCUT2D eigenvalue weighted by Crippen LogP contribution is 2.31. The van der Waals surface area contributed by atoms with Gasteiger partial charge in [-0.15, -0.1) is 11.8 Å². The van der Waals surface area contributed by atoms with Gasteiger partial charge in [-0.2, -0.15) is 5.10 Å². The van der Waals surface area contributed by atoms with Gasteiger partial charge < -0.3 is 10.1 Å². The van der Waals surface area contributed by atoms with Crippen molar-refractivity contribution in [2.24, 2.45) is 5.92 Å². The number of nitrogens with one attached hydrogen (secondary N) is 1. The van der Waals surface area contributed by atoms with Crippen LogP contribution in [0.5, 0.6) is 5.75 Å². The highest BCUT2D eigenvalue weighted by Gasteiger charge is 2.15. The molecular formula is C20H23N3OS. The summed E-state index contributed by atoms with van der Waals surface area (Å²) >= 11 is 1.68. The number of hydrogen-bond donors (Lipinski definition) is 1. The van der Waals surface area contributed by atoms with E-state index in [1.807, 2.05) is 22.9 Å². The maximum atomic E-state index is 6.11. The Balaban J connectivity index is 1.64. The molecule has 4 rings (SSSR count). The number of ether oxygens (including phenoxy) is 1. The Bertz CT molecular complexity index is 841. The zero-order valence-corrected chi connectivity index (χ0v) is 15.3. The van der Waals surface area contributed by atoms with Crippen molar-refractivity contribution < 1.29 is 4.74 Å². The van der Waals surface area contributed by atoms with Crippen molar-refractivity contribution in [1.29, 1.82) is 0 Å². The van der Waals surface area contributed by atoms with E-state index in [4.69, 9.17) is 9.84 Å². The Hall–Kier alpha value is -1.98. The zero-order chi connectivity index (χ0) is 17.1. The second kappa shape index (κ2) is 7.50. The van der Waals surface area contributed by atoms with E-state index < -0.39 is 0 Å². The van der Waals surface area contributed by atoms with Crippen molar-refractivity contribution in [3.05, 3.63) is 48.5 Å². The number of fused-ring (bicyclic) bond motifs is 1. The minimum Gasteiger partial charge on any atom is -0.493 e. The number of para-hydroxylation sites is 1. The van der Waals surface area contributed by atoms with Crippen LogP contribution in [-0.4, -0.2) is 35.7 Å². The van der Waals surface area contributed by atoms with Crippen LogP contribution in [0.2, 0.25) is 0 Å². The maximum Gasteiger partial charge on any atom is 0.126 e. The Morgan fingerprint density at radius 3 is 2.72 bits per heavy atom. The topological polar surface area (TPSA) is 39.1 Å². The van der Waals surface area contributed by atoms with Crippen LogP contribution >= 0.6 is 11.8 Å². The average Bonchev–Trinajstić information content (AvgIpc) is 3.06. The molecule has 1 saturated heterocycles. The molecule has 0 amide bonds. The van der Waals surface area contributed by atoms with Crippen LogP contribution in [0.15, 0.2) is 53.6 Å². The van der Waals surface area contributed by atoms with Crippen LogP contribution in [0, 0.1) is 5.92 Å². The van der Waals surface area contributed by atoms with Gasteiger partial charge in [0.1, 0.15) is 10.8 Å². The minimum absolute atomic E-state index is 0.651. The Labute approximate surface area is 152 Å². The number of aromatic nitrogens is 2. The summed E-state index contributed by atoms with van der Waals surface area (Å²) in [7, 11) is 0. The van der Waals surface area contributed by atoms with Crippen molar-refractivity contribution in [2.45, 2.75) is 17.9 Å². The first-order valence-corrected chi connectivity index (χ1v) is 10.0. The van der Waals surface area contributed by atoms with E-state index in [1.165, 1.54) is 18.2 Å². The van der Waals surface area contributed by atoms with E-state index in [0.29, 0.717) is 5.92 Å². The Kier molecular flexibility index (Phi) is 4.95. The standard InChI is InChI=1S/C20H23N3OS/c1-25-20-18-8-7-17(24-14-15-9-11-21-12-10-15)13-19(18)23(22-20)16-5-3-2-4-6-16/h2-8,13,15,21H,9-12,14H2,1H3. The molecule has 0 bridgehead atoms. The number of piperidine rings is 1. The molecule has 0 aliphatic carbocycles. The van der Waals surface area contributed by atoms with Crippen LogP contribution < -0.4 is 10.1 Å². The molecule has 1 fully saturated rings. The summed E-state index contributed by atoms with van der Waals surface area (Å²) in [6.07, 6.45) is 4.46. The first-order valence-electron chi connectivity index (χ1n) is 8.81. The SMILES string of the molecule is CSc1nn(-c2ccccc2)c2cc(OCC3CCNCC3)ccc12. The van der Waals surface area contributed by atoms with Crippen LogP contribution in [-0.2, 0) is 0 Å². The normalized spacial score (nSPS) is 15.6. The van der Waals surface area contributed by atoms with Crippen molar-refractivity contribution in [3.63, 3.8) is 0 Å². The summed E-state index contributed by atoms with van der Waals surface area (Å²) < 4.78 is 8.12. The summed E-state index contributed by atoms with van der Waals surface area (Å²) in [4.78, 5) is 0. The summed E-state index contributed by atoms with van der Waals surface area (Å²) in [5.74, 6) is 1.58. The van der Waals surface area contributed by atoms with Gasteiger partial charge in [-0.1, -0.05) is 18.2 Å². The van der Waals surface area contributed by atoms with Crippen LogP contribution in [0.4, 0.5) is 0 Å². The number of hydrogen-bond acceptors (Lipinski definition) is 4. The lowest BCUT2D eigenvalue weighted by molar-refractivity contribution is 0.215. The lowest BCUT2D eigenvalue weighted by Crippen LogP contribution is -2.30. The van der Waals surface area contributed by atoms with Gasteiger partial charge in [0.2, 0.25) is 0 Å². The molecule has 25 heavy (non-hydrogen) atoms. The molecule has 0 saturated carbocycles. The summed E-state index contributed by atoms with van der Waals surface area (Å²) in [5.41, 5.74) is 2.17. The highest BCUT2D eigenvalue weighted by molar-refractivity contribution is 7.98. The molecular weight excluding hydrogens is 330 g/mol. The molecule has 1 aromatic heterocycles. The minimum atomic E-state index is 0.651. The molecule has 0 spiro atoms. The van der Waals surface area contributed by atoms with E-state index in [9.17, 15) is 0 Å². The van der Waals surface area contributed by atoms with Gasteiger partial charge in [-0.25, -0.2) is 4.68 Å². The highest BCUT2D eigenvalue weighted by atomic mass is 32.2. The number of benzene rings is 2. The van der Waals surface area contributed by atoms with Gasteiger partial charge in [-0.05, 0) is 62.4 Å². The lowest BCUT2D eigenvalue weighted by atomic mass is 9.99. The lowest BCUT2D eigenvalue weighted by Gasteiger charge is -2.22. The molecule has 1 aliphatic rings. The van der Waals surface area contributed by atoms with Gasteiger partial charge in [0.15, 0.2) is 0 Å². The fourth-order valence-corrected chi connectivity index (χ4v) is 3.89. The second-order valence-electron chi connectivity index (χ2n) is 6.44. The van der Waals surface area contributed by atoms with Crippen LogP contribution in [0.1, 0.15) is 12.8 Å². The molecule has 1 N–H and O–H groups in total. The third-order valence-corrected chi connectivity index (χ3v) is 5.45. The fraction of sp³-hybridized carbons (Fsp3) is 0.350. The monoisotopic (exact) mass is 353 g/mol. The predicted molar refractivity (Wildman–Crippen MR) is 104 cm³/mol. The predicted octanol–water partition coefficient (Wildman–Crippen LogP) is 4.13. The van der Waals surface area contributed by atoms with E-state index in [0.717, 1.165) is 41.7 Å². The zero-order valence-electron chi connectivity index (χ0n) is 14.4.